The van der Waals surface area contributed by atoms with Crippen LogP contribution in [0.4, 0.5) is 14.3 Å². The van der Waals surface area contributed by atoms with Gasteiger partial charge in [-0.3, -0.25) is 15.4 Å². The smallest absolute Gasteiger partial charge is 0.283 e. The van der Waals surface area contributed by atoms with Gasteiger partial charge in [0, 0.05) is 0 Å². The van der Waals surface area contributed by atoms with Crippen molar-refractivity contribution in [3.8, 4) is 0 Å². The standard InChI is InChI=1S/C16H11ClFN3O4S2/c17-9-2-1-3-10(18)13(9)14(22)20-15(23)21-16-19-11-5-4-8(7-27(24)25)6-12(11)26-16/h1-6,27H,7H2,(H2,19,20,21,22,23). The van der Waals surface area contributed by atoms with Crippen LogP contribution < -0.4 is 10.6 Å². The molecular weight excluding hydrogens is 417 g/mol. The molecule has 1 aromatic heterocycles. The lowest BCUT2D eigenvalue weighted by Gasteiger charge is -2.06. The molecule has 140 valence electrons. The van der Waals surface area contributed by atoms with Crippen LogP contribution in [0, 0.1) is 5.82 Å². The minimum Gasteiger partial charge on any atom is -0.283 e. The molecular formula is C16H11ClFN3O4S2. The summed E-state index contributed by atoms with van der Waals surface area (Å²) in [5, 5.41) is 4.44. The zero-order valence-corrected chi connectivity index (χ0v) is 15.8. The highest BCUT2D eigenvalue weighted by Crippen LogP contribution is 2.27. The molecule has 0 aliphatic rings. The Morgan fingerprint density at radius 2 is 2.00 bits per heavy atom. The van der Waals surface area contributed by atoms with Gasteiger partial charge in [0.05, 0.1) is 26.6 Å². The Hall–Kier alpha value is -2.56. The Balaban J connectivity index is 1.73. The topological polar surface area (TPSA) is 105 Å². The van der Waals surface area contributed by atoms with Crippen LogP contribution in [0.25, 0.3) is 10.2 Å². The zero-order valence-electron chi connectivity index (χ0n) is 13.4. The lowest BCUT2D eigenvalue weighted by Crippen LogP contribution is -2.35. The molecule has 0 radical (unpaired) electrons. The summed E-state index contributed by atoms with van der Waals surface area (Å²) in [7, 11) is -2.55. The SMILES string of the molecule is O=C(NC(=O)c1c(F)cccc1Cl)Nc1nc2ccc(C[SH](=O)=O)cc2s1. The third kappa shape index (κ3) is 4.59. The highest BCUT2D eigenvalue weighted by molar-refractivity contribution is 7.71. The van der Waals surface area contributed by atoms with E-state index in [0.717, 1.165) is 17.4 Å². The van der Waals surface area contributed by atoms with Gasteiger partial charge in [0.15, 0.2) is 5.13 Å². The van der Waals surface area contributed by atoms with E-state index in [1.54, 1.807) is 18.2 Å². The number of rotatable bonds is 4. The van der Waals surface area contributed by atoms with Gasteiger partial charge < -0.3 is 0 Å². The van der Waals surface area contributed by atoms with Gasteiger partial charge in [-0.2, -0.15) is 0 Å². The first-order valence-corrected chi connectivity index (χ1v) is 9.97. The Labute approximate surface area is 163 Å². The van der Waals surface area contributed by atoms with Gasteiger partial charge in [0.2, 0.25) is 0 Å². The Kier molecular flexibility index (Phi) is 5.68. The van der Waals surface area contributed by atoms with E-state index in [1.807, 2.05) is 5.32 Å². The minimum absolute atomic E-state index is 0.0929. The van der Waals surface area contributed by atoms with Crippen LogP contribution in [0.5, 0.6) is 0 Å². The second kappa shape index (κ2) is 7.99. The van der Waals surface area contributed by atoms with Crippen molar-refractivity contribution >= 4 is 60.9 Å². The Morgan fingerprint density at radius 1 is 1.22 bits per heavy atom. The van der Waals surface area contributed by atoms with Crippen LogP contribution in [0.15, 0.2) is 36.4 Å². The summed E-state index contributed by atoms with van der Waals surface area (Å²) in [6, 6.07) is 7.74. The summed E-state index contributed by atoms with van der Waals surface area (Å²) < 4.78 is 36.0. The van der Waals surface area contributed by atoms with Gasteiger partial charge in [-0.1, -0.05) is 35.1 Å². The van der Waals surface area contributed by atoms with E-state index in [9.17, 15) is 22.4 Å². The molecule has 0 spiro atoms. The molecule has 0 fully saturated rings. The van der Waals surface area contributed by atoms with E-state index in [1.165, 1.54) is 12.1 Å². The summed E-state index contributed by atoms with van der Waals surface area (Å²) in [4.78, 5) is 28.2. The van der Waals surface area contributed by atoms with Crippen molar-refractivity contribution in [1.29, 1.82) is 0 Å². The first-order valence-electron chi connectivity index (χ1n) is 7.41. The number of hydrogen-bond acceptors (Lipinski definition) is 6. The summed E-state index contributed by atoms with van der Waals surface area (Å²) in [6.07, 6.45) is 0. The molecule has 3 aromatic rings. The van der Waals surface area contributed by atoms with Crippen LogP contribution in [0.1, 0.15) is 15.9 Å². The Morgan fingerprint density at radius 3 is 2.70 bits per heavy atom. The number of carbonyl (C=O) groups is 2. The third-order valence-electron chi connectivity index (χ3n) is 3.40. The van der Waals surface area contributed by atoms with Crippen molar-refractivity contribution in [2.45, 2.75) is 5.75 Å². The van der Waals surface area contributed by atoms with Crippen LogP contribution in [0.3, 0.4) is 0 Å². The second-order valence-electron chi connectivity index (χ2n) is 5.32. The third-order valence-corrected chi connectivity index (χ3v) is 5.27. The second-order valence-corrected chi connectivity index (χ2v) is 7.74. The average molecular weight is 428 g/mol. The van der Waals surface area contributed by atoms with Gasteiger partial charge in [0.25, 0.3) is 5.91 Å². The highest BCUT2D eigenvalue weighted by Gasteiger charge is 2.18. The molecule has 3 amide bonds. The minimum atomic E-state index is -2.55. The van der Waals surface area contributed by atoms with Crippen molar-refractivity contribution < 1.29 is 22.4 Å². The molecule has 2 N–H and O–H groups in total. The van der Waals surface area contributed by atoms with E-state index in [-0.39, 0.29) is 15.9 Å². The lowest BCUT2D eigenvalue weighted by atomic mass is 10.2. The van der Waals surface area contributed by atoms with Crippen LogP contribution >= 0.6 is 22.9 Å². The fraction of sp³-hybridized carbons (Fsp3) is 0.0625. The molecule has 0 aliphatic carbocycles. The van der Waals surface area contributed by atoms with Gasteiger partial charge in [-0.05, 0) is 29.8 Å². The fourth-order valence-corrected chi connectivity index (χ4v) is 3.95. The number of benzene rings is 2. The molecule has 0 atom stereocenters. The normalized spacial score (nSPS) is 10.9. The summed E-state index contributed by atoms with van der Waals surface area (Å²) in [6.45, 7) is 0. The molecule has 0 aliphatic heterocycles. The predicted molar refractivity (Wildman–Crippen MR) is 102 cm³/mol. The number of hydrogen-bond donors (Lipinski definition) is 3. The van der Waals surface area contributed by atoms with Crippen LogP contribution in [-0.4, -0.2) is 25.3 Å². The van der Waals surface area contributed by atoms with Crippen molar-refractivity contribution in [2.75, 3.05) is 5.32 Å². The number of imide groups is 1. The van der Waals surface area contributed by atoms with E-state index in [0.29, 0.717) is 15.8 Å². The average Bonchev–Trinajstić information content (AvgIpc) is 2.95. The number of halogens is 2. The van der Waals surface area contributed by atoms with Gasteiger partial charge >= 0.3 is 6.03 Å². The molecule has 3 rings (SSSR count). The van der Waals surface area contributed by atoms with Crippen molar-refractivity contribution in [1.82, 2.24) is 10.3 Å². The molecule has 0 saturated carbocycles. The van der Waals surface area contributed by atoms with E-state index >= 15 is 0 Å². The van der Waals surface area contributed by atoms with E-state index < -0.39 is 34.0 Å². The van der Waals surface area contributed by atoms with Gasteiger partial charge in [-0.15, -0.1) is 0 Å². The summed E-state index contributed by atoms with van der Waals surface area (Å²) >= 11 is 6.89. The predicted octanol–water partition coefficient (Wildman–Crippen LogP) is 3.16. The van der Waals surface area contributed by atoms with Gasteiger partial charge in [-0.25, -0.2) is 22.6 Å². The number of fused-ring (bicyclic) bond motifs is 1. The lowest BCUT2D eigenvalue weighted by molar-refractivity contribution is 0.0963. The monoisotopic (exact) mass is 427 g/mol. The van der Waals surface area contributed by atoms with Crippen LogP contribution in [-0.2, 0) is 16.5 Å². The number of carbonyl (C=O) groups excluding carboxylic acids is 2. The van der Waals surface area contributed by atoms with Crippen molar-refractivity contribution in [2.24, 2.45) is 0 Å². The Bertz CT molecular complexity index is 1100. The number of thiazole rings is 1. The molecule has 0 bridgehead atoms. The highest BCUT2D eigenvalue weighted by atomic mass is 35.5. The van der Waals surface area contributed by atoms with Crippen LogP contribution in [0.2, 0.25) is 5.02 Å². The number of nitrogens with zero attached hydrogens (tertiary/aromatic N) is 1. The molecule has 0 unspecified atom stereocenters. The van der Waals surface area contributed by atoms with Crippen molar-refractivity contribution in [3.63, 3.8) is 0 Å². The molecule has 27 heavy (non-hydrogen) atoms. The van der Waals surface area contributed by atoms with E-state index in [4.69, 9.17) is 11.6 Å². The number of urea groups is 1. The number of thiol groups is 1. The molecule has 7 nitrogen and oxygen atoms in total. The summed E-state index contributed by atoms with van der Waals surface area (Å²) in [5.74, 6) is -1.93. The molecule has 11 heteroatoms. The zero-order chi connectivity index (χ0) is 19.6. The maximum atomic E-state index is 13.7. The summed E-state index contributed by atoms with van der Waals surface area (Å²) in [5.41, 5.74) is 0.723. The van der Waals surface area contributed by atoms with Gasteiger partial charge in [0.1, 0.15) is 16.5 Å². The first kappa shape index (κ1) is 19.2. The number of anilines is 1. The largest absolute Gasteiger partial charge is 0.327 e. The van der Waals surface area contributed by atoms with Crippen molar-refractivity contribution in [3.05, 3.63) is 58.4 Å². The molecule has 0 saturated heterocycles. The molecule has 1 heterocycles. The quantitative estimate of drug-likeness (QED) is 0.555. The number of amides is 3. The maximum Gasteiger partial charge on any atom is 0.327 e. The fourth-order valence-electron chi connectivity index (χ4n) is 2.28. The number of nitrogens with one attached hydrogen (secondary N) is 2. The number of aromatic nitrogens is 1. The van der Waals surface area contributed by atoms with E-state index in [2.05, 4.69) is 10.3 Å². The maximum absolute atomic E-state index is 13.7. The first-order chi connectivity index (χ1) is 12.8. The molecule has 2 aromatic carbocycles.